The first-order chi connectivity index (χ1) is 6.12. The van der Waals surface area contributed by atoms with Crippen molar-refractivity contribution in [1.29, 1.82) is 0 Å². The molecule has 4 unspecified atom stereocenters. The number of ether oxygens (including phenoxy) is 1. The highest BCUT2D eigenvalue weighted by Gasteiger charge is 2.67. The Morgan fingerprint density at radius 1 is 1.31 bits per heavy atom. The van der Waals surface area contributed by atoms with Gasteiger partial charge in [0.1, 0.15) is 4.33 Å². The van der Waals surface area contributed by atoms with Gasteiger partial charge in [0.15, 0.2) is 0 Å². The Morgan fingerprint density at radius 3 is 2.69 bits per heavy atom. The summed E-state index contributed by atoms with van der Waals surface area (Å²) in [4.78, 5) is 11.4. The topological polar surface area (TPSA) is 26.3 Å². The Bertz CT molecular complexity index is 277. The zero-order chi connectivity index (χ0) is 9.22. The Labute approximate surface area is 86.5 Å². The van der Waals surface area contributed by atoms with E-state index in [-0.39, 0.29) is 23.7 Å². The van der Waals surface area contributed by atoms with E-state index in [0.29, 0.717) is 12.5 Å². The summed E-state index contributed by atoms with van der Waals surface area (Å²) in [6.07, 6.45) is 2.03. The van der Waals surface area contributed by atoms with Gasteiger partial charge in [0, 0.05) is 11.8 Å². The Kier molecular flexibility index (Phi) is 1.51. The maximum atomic E-state index is 11.4. The summed E-state index contributed by atoms with van der Waals surface area (Å²) in [5.41, 5.74) is 0. The maximum absolute atomic E-state index is 11.4. The van der Waals surface area contributed by atoms with Crippen molar-refractivity contribution in [2.24, 2.45) is 23.7 Å². The third kappa shape index (κ3) is 0.841. The number of hydrogen-bond donors (Lipinski definition) is 0. The van der Waals surface area contributed by atoms with Crippen LogP contribution in [-0.2, 0) is 9.53 Å². The highest BCUT2D eigenvalue weighted by atomic mass is 35.5. The van der Waals surface area contributed by atoms with E-state index in [1.165, 1.54) is 0 Å². The zero-order valence-electron chi connectivity index (χ0n) is 7.00. The molecule has 0 amide bonds. The molecule has 13 heavy (non-hydrogen) atoms. The highest BCUT2D eigenvalue weighted by molar-refractivity contribution is 6.49. The number of hydrogen-bond acceptors (Lipinski definition) is 2. The average Bonchev–Trinajstić information content (AvgIpc) is 2.63. The minimum absolute atomic E-state index is 0.00579. The summed E-state index contributed by atoms with van der Waals surface area (Å²) in [6.45, 7) is 0.534. The average molecular weight is 221 g/mol. The van der Waals surface area contributed by atoms with Crippen molar-refractivity contribution in [1.82, 2.24) is 0 Å². The SMILES string of the molecule is O=C1OCC2C1C1CCC2C1(Cl)Cl. The number of carbonyl (C=O) groups is 1. The van der Waals surface area contributed by atoms with Gasteiger partial charge in [-0.1, -0.05) is 0 Å². The van der Waals surface area contributed by atoms with Crippen LogP contribution in [0.2, 0.25) is 0 Å². The molecule has 2 nitrogen and oxygen atoms in total. The fraction of sp³-hybridized carbons (Fsp3) is 0.889. The molecule has 2 bridgehead atoms. The van der Waals surface area contributed by atoms with Gasteiger partial charge >= 0.3 is 5.97 Å². The monoisotopic (exact) mass is 220 g/mol. The second-order valence-corrected chi connectivity index (χ2v) is 5.73. The van der Waals surface area contributed by atoms with E-state index >= 15 is 0 Å². The van der Waals surface area contributed by atoms with Gasteiger partial charge in [-0.05, 0) is 18.8 Å². The molecule has 3 aliphatic rings. The normalized spacial score (nSPS) is 50.8. The molecule has 4 atom stereocenters. The summed E-state index contributed by atoms with van der Waals surface area (Å²) >= 11 is 12.5. The van der Waals surface area contributed by atoms with Crippen molar-refractivity contribution >= 4 is 29.2 Å². The molecule has 0 spiro atoms. The number of esters is 1. The predicted molar refractivity (Wildman–Crippen MR) is 48.6 cm³/mol. The molecule has 0 radical (unpaired) electrons. The third-order valence-corrected chi connectivity index (χ3v) is 5.00. The van der Waals surface area contributed by atoms with Crippen molar-refractivity contribution in [3.63, 3.8) is 0 Å². The molecule has 1 heterocycles. The maximum Gasteiger partial charge on any atom is 0.309 e. The van der Waals surface area contributed by atoms with Gasteiger partial charge in [-0.3, -0.25) is 4.79 Å². The van der Waals surface area contributed by atoms with E-state index in [1.807, 2.05) is 0 Å². The lowest BCUT2D eigenvalue weighted by atomic mass is 9.81. The summed E-state index contributed by atoms with van der Waals surface area (Å²) in [7, 11) is 0. The van der Waals surface area contributed by atoms with E-state index in [1.54, 1.807) is 0 Å². The minimum Gasteiger partial charge on any atom is -0.465 e. The summed E-state index contributed by atoms with van der Waals surface area (Å²) in [6, 6.07) is 0. The lowest BCUT2D eigenvalue weighted by Gasteiger charge is -2.20. The van der Waals surface area contributed by atoms with Crippen LogP contribution in [0, 0.1) is 23.7 Å². The van der Waals surface area contributed by atoms with Crippen LogP contribution < -0.4 is 0 Å². The van der Waals surface area contributed by atoms with Gasteiger partial charge in [-0.2, -0.15) is 0 Å². The van der Waals surface area contributed by atoms with Crippen LogP contribution in [0.5, 0.6) is 0 Å². The van der Waals surface area contributed by atoms with Crippen LogP contribution in [0.3, 0.4) is 0 Å². The molecule has 3 rings (SSSR count). The molecular weight excluding hydrogens is 211 g/mol. The summed E-state index contributed by atoms with van der Waals surface area (Å²) < 4.78 is 4.38. The third-order valence-electron chi connectivity index (χ3n) is 3.88. The Morgan fingerprint density at radius 2 is 2.00 bits per heavy atom. The second kappa shape index (κ2) is 2.34. The lowest BCUT2D eigenvalue weighted by Crippen LogP contribution is -2.25. The fourth-order valence-corrected chi connectivity index (χ4v) is 4.35. The first-order valence-corrected chi connectivity index (χ1v) is 5.42. The van der Waals surface area contributed by atoms with Gasteiger partial charge in [0.2, 0.25) is 0 Å². The molecule has 72 valence electrons. The summed E-state index contributed by atoms with van der Waals surface area (Å²) in [5.74, 6) is 0.621. The second-order valence-electron chi connectivity index (χ2n) is 4.28. The van der Waals surface area contributed by atoms with Gasteiger partial charge < -0.3 is 4.74 Å². The highest BCUT2D eigenvalue weighted by Crippen LogP contribution is 2.65. The van der Waals surface area contributed by atoms with E-state index in [9.17, 15) is 4.79 Å². The fourth-order valence-electron chi connectivity index (χ4n) is 3.32. The van der Waals surface area contributed by atoms with E-state index in [0.717, 1.165) is 12.8 Å². The van der Waals surface area contributed by atoms with Crippen LogP contribution in [0.4, 0.5) is 0 Å². The van der Waals surface area contributed by atoms with Crippen LogP contribution in [0.1, 0.15) is 12.8 Å². The quantitative estimate of drug-likeness (QED) is 0.461. The lowest BCUT2D eigenvalue weighted by molar-refractivity contribution is -0.142. The number of halogens is 2. The molecule has 2 aliphatic carbocycles. The smallest absolute Gasteiger partial charge is 0.309 e. The van der Waals surface area contributed by atoms with Crippen molar-refractivity contribution < 1.29 is 9.53 Å². The standard InChI is InChI=1S/C9H10Cl2O2/c10-9(11)5-1-2-6(9)7-4(5)3-13-8(7)12/h4-7H,1-3H2. The molecule has 0 aromatic carbocycles. The van der Waals surface area contributed by atoms with E-state index in [2.05, 4.69) is 0 Å². The molecular formula is C9H10Cl2O2. The van der Waals surface area contributed by atoms with Crippen molar-refractivity contribution in [3.8, 4) is 0 Å². The van der Waals surface area contributed by atoms with Crippen molar-refractivity contribution in [2.75, 3.05) is 6.61 Å². The van der Waals surface area contributed by atoms with Crippen molar-refractivity contribution in [2.45, 2.75) is 17.2 Å². The zero-order valence-corrected chi connectivity index (χ0v) is 8.52. The van der Waals surface area contributed by atoms with Crippen LogP contribution in [0.15, 0.2) is 0 Å². The van der Waals surface area contributed by atoms with Gasteiger partial charge in [0.25, 0.3) is 0 Å². The molecule has 0 aromatic heterocycles. The molecule has 1 saturated heterocycles. The largest absolute Gasteiger partial charge is 0.465 e. The molecule has 0 N–H and O–H groups in total. The Balaban J connectivity index is 2.03. The molecule has 4 heteroatoms. The minimum atomic E-state index is -0.658. The first kappa shape index (κ1) is 8.37. The predicted octanol–water partition coefficient (Wildman–Crippen LogP) is 1.99. The first-order valence-electron chi connectivity index (χ1n) is 4.67. The molecule has 0 aromatic rings. The molecule has 3 fully saturated rings. The van der Waals surface area contributed by atoms with Gasteiger partial charge in [-0.15, -0.1) is 23.2 Å². The number of cyclic esters (lactones) is 1. The number of carbonyl (C=O) groups excluding carboxylic acids is 1. The van der Waals surface area contributed by atoms with E-state index < -0.39 is 4.33 Å². The van der Waals surface area contributed by atoms with Crippen LogP contribution in [0.25, 0.3) is 0 Å². The van der Waals surface area contributed by atoms with Crippen LogP contribution >= 0.6 is 23.2 Å². The van der Waals surface area contributed by atoms with E-state index in [4.69, 9.17) is 27.9 Å². The molecule has 1 aliphatic heterocycles. The Hall–Kier alpha value is 0.0500. The van der Waals surface area contributed by atoms with Gasteiger partial charge in [-0.25, -0.2) is 0 Å². The van der Waals surface area contributed by atoms with Gasteiger partial charge in [0.05, 0.1) is 12.5 Å². The number of rotatable bonds is 0. The van der Waals surface area contributed by atoms with Crippen LogP contribution in [-0.4, -0.2) is 16.9 Å². The number of alkyl halides is 2. The number of fused-ring (bicyclic) bond motifs is 5. The molecule has 2 saturated carbocycles. The summed E-state index contributed by atoms with van der Waals surface area (Å²) in [5, 5.41) is 0. The van der Waals surface area contributed by atoms with Crippen molar-refractivity contribution in [3.05, 3.63) is 0 Å².